The molecule has 1 saturated heterocycles. The molecule has 2 atom stereocenters. The third-order valence-corrected chi connectivity index (χ3v) is 3.53. The summed E-state index contributed by atoms with van der Waals surface area (Å²) in [4.78, 5) is 22.8. The van der Waals surface area contributed by atoms with Gasteiger partial charge < -0.3 is 10.6 Å². The number of hydrogen-bond donors (Lipinski definition) is 2. The van der Waals surface area contributed by atoms with Crippen LogP contribution in [0.4, 0.5) is 4.79 Å². The molecule has 1 aliphatic heterocycles. The standard InChI is InChI=1S/C14H26N2O2/c1-10-11(16-13(18)15-10)8-6-5-7-9-12(17)14(2,3)4/h10-11H,5-9H2,1-4H3,(H2,15,16,18). The summed E-state index contributed by atoms with van der Waals surface area (Å²) in [6.45, 7) is 7.93. The Morgan fingerprint density at radius 2 is 1.83 bits per heavy atom. The highest BCUT2D eigenvalue weighted by Gasteiger charge is 2.27. The van der Waals surface area contributed by atoms with E-state index < -0.39 is 0 Å². The zero-order chi connectivity index (χ0) is 13.8. The molecule has 4 heteroatoms. The molecular weight excluding hydrogens is 228 g/mol. The first-order chi connectivity index (χ1) is 8.30. The number of Topliss-reactive ketones (excluding diaryl/α,β-unsaturated/α-hetero) is 1. The van der Waals surface area contributed by atoms with Crippen molar-refractivity contribution in [3.63, 3.8) is 0 Å². The molecular formula is C14H26N2O2. The predicted molar refractivity (Wildman–Crippen MR) is 72.5 cm³/mol. The van der Waals surface area contributed by atoms with E-state index >= 15 is 0 Å². The summed E-state index contributed by atoms with van der Waals surface area (Å²) in [5, 5.41) is 5.75. The van der Waals surface area contributed by atoms with Crippen LogP contribution in [0.15, 0.2) is 0 Å². The van der Waals surface area contributed by atoms with Crippen LogP contribution in [0.3, 0.4) is 0 Å². The third kappa shape index (κ3) is 4.67. The van der Waals surface area contributed by atoms with Gasteiger partial charge in [-0.1, -0.05) is 33.6 Å². The van der Waals surface area contributed by atoms with Gasteiger partial charge in [0.2, 0.25) is 0 Å². The summed E-state index contributed by atoms with van der Waals surface area (Å²) in [7, 11) is 0. The van der Waals surface area contributed by atoms with E-state index in [1.807, 2.05) is 27.7 Å². The lowest BCUT2D eigenvalue weighted by Gasteiger charge is -2.16. The van der Waals surface area contributed by atoms with Crippen LogP contribution in [-0.2, 0) is 4.79 Å². The molecule has 0 aromatic rings. The molecule has 104 valence electrons. The average Bonchev–Trinajstić information content (AvgIpc) is 2.55. The highest BCUT2D eigenvalue weighted by Crippen LogP contribution is 2.19. The van der Waals surface area contributed by atoms with E-state index in [1.165, 1.54) is 0 Å². The molecule has 0 radical (unpaired) electrons. The quantitative estimate of drug-likeness (QED) is 0.716. The smallest absolute Gasteiger partial charge is 0.315 e. The molecule has 1 heterocycles. The molecule has 0 aromatic heterocycles. The number of hydrogen-bond acceptors (Lipinski definition) is 2. The van der Waals surface area contributed by atoms with Gasteiger partial charge in [0.1, 0.15) is 5.78 Å². The van der Waals surface area contributed by atoms with Crippen LogP contribution >= 0.6 is 0 Å². The third-order valence-electron chi connectivity index (χ3n) is 3.53. The van der Waals surface area contributed by atoms with Crippen LogP contribution in [0.2, 0.25) is 0 Å². The van der Waals surface area contributed by atoms with Crippen LogP contribution in [0, 0.1) is 5.41 Å². The summed E-state index contributed by atoms with van der Waals surface area (Å²) in [6, 6.07) is 0.403. The number of carbonyl (C=O) groups is 2. The minimum Gasteiger partial charge on any atom is -0.334 e. The van der Waals surface area contributed by atoms with E-state index in [-0.39, 0.29) is 23.5 Å². The largest absolute Gasteiger partial charge is 0.334 e. The second kappa shape index (κ2) is 6.21. The summed E-state index contributed by atoms with van der Waals surface area (Å²) >= 11 is 0. The summed E-state index contributed by atoms with van der Waals surface area (Å²) in [5.74, 6) is 0.340. The average molecular weight is 254 g/mol. The maximum absolute atomic E-state index is 11.7. The van der Waals surface area contributed by atoms with Crippen molar-refractivity contribution in [3.8, 4) is 0 Å². The Kier molecular flexibility index (Phi) is 5.17. The van der Waals surface area contributed by atoms with Gasteiger partial charge >= 0.3 is 6.03 Å². The molecule has 1 rings (SSSR count). The summed E-state index contributed by atoms with van der Waals surface area (Å²) in [6.07, 6.45) is 4.74. The SMILES string of the molecule is CC1NC(=O)NC1CCCCCC(=O)C(C)(C)C. The molecule has 18 heavy (non-hydrogen) atoms. The fourth-order valence-electron chi connectivity index (χ4n) is 2.17. The molecule has 0 aromatic carbocycles. The van der Waals surface area contributed by atoms with Gasteiger partial charge in [-0.15, -0.1) is 0 Å². The van der Waals surface area contributed by atoms with Gasteiger partial charge in [0.25, 0.3) is 0 Å². The summed E-state index contributed by atoms with van der Waals surface area (Å²) < 4.78 is 0. The van der Waals surface area contributed by atoms with Gasteiger partial charge in [-0.2, -0.15) is 0 Å². The second-order valence-electron chi connectivity index (χ2n) is 6.29. The lowest BCUT2D eigenvalue weighted by atomic mass is 9.87. The number of ketones is 1. The Bertz CT molecular complexity index is 307. The molecule has 2 N–H and O–H groups in total. The van der Waals surface area contributed by atoms with Gasteiger partial charge in [-0.3, -0.25) is 4.79 Å². The second-order valence-corrected chi connectivity index (χ2v) is 6.29. The summed E-state index contributed by atoms with van der Waals surface area (Å²) in [5.41, 5.74) is -0.210. The van der Waals surface area contributed by atoms with E-state index in [9.17, 15) is 9.59 Å². The number of carbonyl (C=O) groups excluding carboxylic acids is 2. The predicted octanol–water partition coefficient (Wildman–Crippen LogP) is 2.62. The van der Waals surface area contributed by atoms with Gasteiger partial charge in [0, 0.05) is 17.9 Å². The van der Waals surface area contributed by atoms with Crippen molar-refractivity contribution in [2.75, 3.05) is 0 Å². The molecule has 1 aliphatic rings. The number of unbranched alkanes of at least 4 members (excludes halogenated alkanes) is 2. The van der Waals surface area contributed by atoms with Gasteiger partial charge in [0.05, 0.1) is 6.04 Å². The van der Waals surface area contributed by atoms with E-state index in [1.54, 1.807) is 0 Å². The van der Waals surface area contributed by atoms with Crippen molar-refractivity contribution in [3.05, 3.63) is 0 Å². The zero-order valence-electron chi connectivity index (χ0n) is 12.0. The van der Waals surface area contributed by atoms with Crippen molar-refractivity contribution in [2.45, 2.75) is 71.9 Å². The van der Waals surface area contributed by atoms with Crippen molar-refractivity contribution in [2.24, 2.45) is 5.41 Å². The topological polar surface area (TPSA) is 58.2 Å². The molecule has 2 unspecified atom stereocenters. The lowest BCUT2D eigenvalue weighted by Crippen LogP contribution is -2.30. The van der Waals surface area contributed by atoms with Gasteiger partial charge in [-0.25, -0.2) is 4.79 Å². The molecule has 1 fully saturated rings. The Morgan fingerprint density at radius 3 is 2.33 bits per heavy atom. The van der Waals surface area contributed by atoms with E-state index in [4.69, 9.17) is 0 Å². The zero-order valence-corrected chi connectivity index (χ0v) is 12.0. The van der Waals surface area contributed by atoms with Crippen LogP contribution in [0.25, 0.3) is 0 Å². The Morgan fingerprint density at radius 1 is 1.17 bits per heavy atom. The van der Waals surface area contributed by atoms with E-state index in [0.29, 0.717) is 12.2 Å². The Balaban J connectivity index is 2.09. The van der Waals surface area contributed by atoms with E-state index in [0.717, 1.165) is 25.7 Å². The first-order valence-electron chi connectivity index (χ1n) is 6.91. The normalized spacial score (nSPS) is 23.7. The van der Waals surface area contributed by atoms with Gasteiger partial charge in [-0.05, 0) is 19.8 Å². The molecule has 2 amide bonds. The van der Waals surface area contributed by atoms with Crippen molar-refractivity contribution >= 4 is 11.8 Å². The number of nitrogens with one attached hydrogen (secondary N) is 2. The number of amides is 2. The maximum Gasteiger partial charge on any atom is 0.315 e. The minimum absolute atomic E-state index is 0.0598. The Labute approximate surface area is 110 Å². The fourth-order valence-corrected chi connectivity index (χ4v) is 2.17. The first kappa shape index (κ1) is 15.0. The molecule has 0 saturated carbocycles. The monoisotopic (exact) mass is 254 g/mol. The van der Waals surface area contributed by atoms with Crippen LogP contribution in [-0.4, -0.2) is 23.9 Å². The highest BCUT2D eigenvalue weighted by atomic mass is 16.2. The number of rotatable bonds is 6. The fraction of sp³-hybridized carbons (Fsp3) is 0.857. The molecule has 0 aliphatic carbocycles. The Hall–Kier alpha value is -1.06. The lowest BCUT2D eigenvalue weighted by molar-refractivity contribution is -0.126. The van der Waals surface area contributed by atoms with Crippen LogP contribution in [0.5, 0.6) is 0 Å². The molecule has 4 nitrogen and oxygen atoms in total. The molecule has 0 bridgehead atoms. The minimum atomic E-state index is -0.210. The van der Waals surface area contributed by atoms with Crippen molar-refractivity contribution in [1.82, 2.24) is 10.6 Å². The van der Waals surface area contributed by atoms with Crippen molar-refractivity contribution in [1.29, 1.82) is 0 Å². The van der Waals surface area contributed by atoms with E-state index in [2.05, 4.69) is 10.6 Å². The van der Waals surface area contributed by atoms with Gasteiger partial charge in [0.15, 0.2) is 0 Å². The number of urea groups is 1. The molecule has 0 spiro atoms. The first-order valence-corrected chi connectivity index (χ1v) is 6.91. The van der Waals surface area contributed by atoms with Crippen LogP contribution < -0.4 is 10.6 Å². The van der Waals surface area contributed by atoms with Crippen LogP contribution in [0.1, 0.15) is 59.8 Å². The highest BCUT2D eigenvalue weighted by molar-refractivity contribution is 5.83. The van der Waals surface area contributed by atoms with Crippen molar-refractivity contribution < 1.29 is 9.59 Å². The maximum atomic E-state index is 11.7.